The normalized spacial score (nSPS) is 0. The molecule has 5 heteroatoms. The second-order valence-electron chi connectivity index (χ2n) is 0. The molecule has 0 rings (SSSR count). The van der Waals surface area contributed by atoms with Gasteiger partial charge in [-0.15, -0.1) is 0 Å². The number of hydrogen-bond donors (Lipinski definition) is 0. The maximum atomic E-state index is 0. The zero-order valence-corrected chi connectivity index (χ0v) is 8.77. The molecule has 2 radical (unpaired) electrons. The first-order valence-electron chi connectivity index (χ1n) is 0. The first-order chi connectivity index (χ1) is 0. The molecule has 0 aromatic heterocycles. The quantitative estimate of drug-likeness (QED) is 0.438. The van der Waals surface area contributed by atoms with Crippen LogP contribution >= 0.6 is 0 Å². The molecule has 0 amide bonds. The zero-order valence-electron chi connectivity index (χ0n) is 1.92. The van der Waals surface area contributed by atoms with Crippen LogP contribution in [0.5, 0.6) is 0 Å². The Balaban J connectivity index is 0. The molecule has 0 fully saturated rings. The van der Waals surface area contributed by atoms with Gasteiger partial charge in [0.25, 0.3) is 0 Å². The largest absolute Gasteiger partial charge is 2.00 e. The predicted molar refractivity (Wildman–Crippen MR) is 7.13 cm³/mol. The van der Waals surface area contributed by atoms with Gasteiger partial charge in [-0.1, -0.05) is 0 Å². The maximum absolute atomic E-state index is 0. The third kappa shape index (κ3) is 21.9. The van der Waals surface area contributed by atoms with Crippen molar-refractivity contribution in [3.8, 4) is 0 Å². The summed E-state index contributed by atoms with van der Waals surface area (Å²) in [4.78, 5) is 0. The molecule has 2 nitrogen and oxygen atoms in total. The van der Waals surface area contributed by atoms with Crippen molar-refractivity contribution in [3.05, 3.63) is 0 Å². The smallest absolute Gasteiger partial charge is 2.00 e. The molecule has 0 aromatic rings. The Hall–Kier alpha value is 2.32. The van der Waals surface area contributed by atoms with E-state index in [1.165, 1.54) is 0 Å². The summed E-state index contributed by atoms with van der Waals surface area (Å²) in [7, 11) is 0. The van der Waals surface area contributed by atoms with E-state index in [0.717, 1.165) is 0 Å². The second-order valence-corrected chi connectivity index (χ2v) is 0. The van der Waals surface area contributed by atoms with Crippen molar-refractivity contribution in [1.29, 1.82) is 0 Å². The van der Waals surface area contributed by atoms with Gasteiger partial charge in [0.15, 0.2) is 0 Å². The monoisotopic (exact) mass is 454 g/mol. The standard InChI is InChI=1S/2Ag.2O.Pb/q2*+1;2*-2;+2. The van der Waals surface area contributed by atoms with Crippen LogP contribution in [-0.4, -0.2) is 27.3 Å². The summed E-state index contributed by atoms with van der Waals surface area (Å²) in [6, 6.07) is 0. The van der Waals surface area contributed by atoms with E-state index < -0.39 is 0 Å². The predicted octanol–water partition coefficient (Wildman–Crippen LogP) is -0.623. The first-order valence-corrected chi connectivity index (χ1v) is 0. The Bertz CT molecular complexity index is 7.61. The summed E-state index contributed by atoms with van der Waals surface area (Å²) < 4.78 is 0. The fourth-order valence-corrected chi connectivity index (χ4v) is 0. The topological polar surface area (TPSA) is 57.0 Å². The van der Waals surface area contributed by atoms with Crippen LogP contribution in [0.25, 0.3) is 0 Å². The van der Waals surface area contributed by atoms with Crippen LogP contribution in [-0.2, 0) is 55.7 Å². The minimum atomic E-state index is 0. The van der Waals surface area contributed by atoms with Gasteiger partial charge in [0.2, 0.25) is 0 Å². The molecule has 0 bridgehead atoms. The molecular formula is Ag2O2Pb. The molecule has 0 saturated heterocycles. The van der Waals surface area contributed by atoms with Crippen molar-refractivity contribution >= 4 is 27.3 Å². The van der Waals surface area contributed by atoms with E-state index >= 15 is 0 Å². The summed E-state index contributed by atoms with van der Waals surface area (Å²) >= 11 is 0. The van der Waals surface area contributed by atoms with Crippen molar-refractivity contribution in [1.82, 2.24) is 0 Å². The van der Waals surface area contributed by atoms with E-state index in [9.17, 15) is 0 Å². The van der Waals surface area contributed by atoms with Crippen molar-refractivity contribution in [3.63, 3.8) is 0 Å². The fraction of sp³-hybridized carbons (Fsp3) is 0. The van der Waals surface area contributed by atoms with E-state index in [0.29, 0.717) is 0 Å². The summed E-state index contributed by atoms with van der Waals surface area (Å²) in [5.74, 6) is 0. The summed E-state index contributed by atoms with van der Waals surface area (Å²) in [5.41, 5.74) is 0. The summed E-state index contributed by atoms with van der Waals surface area (Å²) in [6.07, 6.45) is 0. The van der Waals surface area contributed by atoms with E-state index in [-0.39, 0.29) is 83.0 Å². The van der Waals surface area contributed by atoms with E-state index in [1.54, 1.807) is 0 Å². The van der Waals surface area contributed by atoms with Gasteiger partial charge in [0, 0.05) is 0 Å². The van der Waals surface area contributed by atoms with Gasteiger partial charge < -0.3 is 11.0 Å². The summed E-state index contributed by atoms with van der Waals surface area (Å²) in [6.45, 7) is 0. The summed E-state index contributed by atoms with van der Waals surface area (Å²) in [5, 5.41) is 0. The molecule has 0 saturated carbocycles. The first kappa shape index (κ1) is 54.3. The van der Waals surface area contributed by atoms with E-state index in [4.69, 9.17) is 0 Å². The molecule has 0 unspecified atom stereocenters. The SMILES string of the molecule is [Ag+].[Ag+].[O-2].[O-2].[Pb+2]. The van der Waals surface area contributed by atoms with Gasteiger partial charge in [0.05, 0.1) is 0 Å². The third-order valence-electron chi connectivity index (χ3n) is 0. The molecule has 0 aliphatic rings. The van der Waals surface area contributed by atoms with Gasteiger partial charge in [-0.2, -0.15) is 0 Å². The van der Waals surface area contributed by atoms with Crippen molar-refractivity contribution in [2.75, 3.05) is 0 Å². The van der Waals surface area contributed by atoms with Crippen LogP contribution in [0.3, 0.4) is 0 Å². The Morgan fingerprint density at radius 1 is 0.600 bits per heavy atom. The van der Waals surface area contributed by atoms with Crippen LogP contribution in [0, 0.1) is 0 Å². The minimum Gasteiger partial charge on any atom is -2.00 e. The van der Waals surface area contributed by atoms with E-state index in [2.05, 4.69) is 0 Å². The Morgan fingerprint density at radius 3 is 0.600 bits per heavy atom. The molecule has 0 atom stereocenters. The van der Waals surface area contributed by atoms with Gasteiger partial charge in [0.1, 0.15) is 0 Å². The average molecular weight is 455 g/mol. The molecular weight excluding hydrogens is 455 g/mol. The Kier molecular flexibility index (Phi) is 360. The molecule has 0 heterocycles. The molecule has 0 aliphatic heterocycles. The van der Waals surface area contributed by atoms with Gasteiger partial charge >= 0.3 is 72.1 Å². The van der Waals surface area contributed by atoms with Crippen molar-refractivity contribution < 1.29 is 55.7 Å². The fourth-order valence-electron chi connectivity index (χ4n) is 0. The maximum Gasteiger partial charge on any atom is 2.00 e. The van der Waals surface area contributed by atoms with Crippen molar-refractivity contribution in [2.45, 2.75) is 0 Å². The van der Waals surface area contributed by atoms with Gasteiger partial charge in [-0.3, -0.25) is 0 Å². The third-order valence-corrected chi connectivity index (χ3v) is 0. The van der Waals surface area contributed by atoms with Crippen LogP contribution in [0.15, 0.2) is 0 Å². The molecule has 0 aliphatic carbocycles. The second kappa shape index (κ2) is 33.2. The number of rotatable bonds is 0. The molecule has 0 N–H and O–H groups in total. The van der Waals surface area contributed by atoms with Crippen molar-refractivity contribution in [2.24, 2.45) is 0 Å². The average Bonchev–Trinajstić information content (AvgIpc) is 0. The van der Waals surface area contributed by atoms with Gasteiger partial charge in [-0.05, 0) is 0 Å². The molecule has 5 heavy (non-hydrogen) atoms. The molecule has 38 valence electrons. The van der Waals surface area contributed by atoms with Crippen LogP contribution in [0.1, 0.15) is 0 Å². The minimum absolute atomic E-state index is 0. The van der Waals surface area contributed by atoms with E-state index in [1.807, 2.05) is 0 Å². The Labute approximate surface area is 81.9 Å². The molecule has 0 spiro atoms. The zero-order chi connectivity index (χ0) is 0. The Morgan fingerprint density at radius 2 is 0.600 bits per heavy atom. The van der Waals surface area contributed by atoms with Gasteiger partial charge in [-0.25, -0.2) is 0 Å². The van der Waals surface area contributed by atoms with Crippen LogP contribution in [0.4, 0.5) is 0 Å². The molecule has 0 aromatic carbocycles. The van der Waals surface area contributed by atoms with Crippen LogP contribution in [0.2, 0.25) is 0 Å². The number of hydrogen-bond acceptors (Lipinski definition) is 0. The van der Waals surface area contributed by atoms with Crippen LogP contribution < -0.4 is 0 Å².